The average Bonchev–Trinajstić information content (AvgIpc) is 3.91. The Balaban J connectivity index is 1.25. The summed E-state index contributed by atoms with van der Waals surface area (Å²) in [5.41, 5.74) is 7.13. The van der Waals surface area contributed by atoms with Gasteiger partial charge in [-0.05, 0) is 58.3 Å². The van der Waals surface area contributed by atoms with E-state index in [2.05, 4.69) is 120 Å². The van der Waals surface area contributed by atoms with Gasteiger partial charge in [-0.3, -0.25) is 0 Å². The van der Waals surface area contributed by atoms with E-state index in [1.807, 2.05) is 22.7 Å². The zero-order valence-electron chi connectivity index (χ0n) is 23.6. The molecular formula is C40H20OS4. The Morgan fingerprint density at radius 3 is 1.33 bits per heavy atom. The number of furan rings is 1. The van der Waals surface area contributed by atoms with Crippen molar-refractivity contribution in [2.75, 3.05) is 0 Å². The van der Waals surface area contributed by atoms with Crippen LogP contribution in [0.4, 0.5) is 0 Å². The zero-order chi connectivity index (χ0) is 29.2. The molecule has 0 fully saturated rings. The molecule has 0 bridgehead atoms. The first-order chi connectivity index (χ1) is 22.3. The van der Waals surface area contributed by atoms with Crippen molar-refractivity contribution in [2.45, 2.75) is 0 Å². The number of hydrogen-bond donors (Lipinski definition) is 0. The van der Waals surface area contributed by atoms with Crippen LogP contribution in [0.3, 0.4) is 0 Å². The zero-order valence-corrected chi connectivity index (χ0v) is 26.9. The van der Waals surface area contributed by atoms with E-state index in [9.17, 15) is 0 Å². The summed E-state index contributed by atoms with van der Waals surface area (Å²) in [6.07, 6.45) is 0. The average molecular weight is 645 g/mol. The summed E-state index contributed by atoms with van der Waals surface area (Å²) in [6.45, 7) is 0. The van der Waals surface area contributed by atoms with Crippen LogP contribution in [-0.4, -0.2) is 0 Å². The molecule has 0 spiro atoms. The van der Waals surface area contributed by atoms with E-state index in [0.717, 1.165) is 11.2 Å². The summed E-state index contributed by atoms with van der Waals surface area (Å²) < 4.78 is 14.7. The Kier molecular flexibility index (Phi) is 4.97. The monoisotopic (exact) mass is 644 g/mol. The number of hydrogen-bond acceptors (Lipinski definition) is 5. The van der Waals surface area contributed by atoms with Crippen LogP contribution in [0.5, 0.6) is 0 Å². The van der Waals surface area contributed by atoms with Crippen LogP contribution < -0.4 is 0 Å². The Labute approximate surface area is 272 Å². The van der Waals surface area contributed by atoms with Gasteiger partial charge in [-0.15, -0.1) is 45.3 Å². The van der Waals surface area contributed by atoms with Gasteiger partial charge in [0.1, 0.15) is 0 Å². The fourth-order valence-corrected chi connectivity index (χ4v) is 11.6. The van der Waals surface area contributed by atoms with Crippen LogP contribution in [-0.2, 0) is 0 Å². The Bertz CT molecular complexity index is 2790. The van der Waals surface area contributed by atoms with Crippen molar-refractivity contribution >= 4 is 128 Å². The van der Waals surface area contributed by atoms with Gasteiger partial charge in [0.2, 0.25) is 0 Å². The predicted molar refractivity (Wildman–Crippen MR) is 201 cm³/mol. The minimum Gasteiger partial charge on any atom is -0.453 e. The van der Waals surface area contributed by atoms with Gasteiger partial charge in [0, 0.05) is 73.0 Å². The Morgan fingerprint density at radius 1 is 0.356 bits per heavy atom. The van der Waals surface area contributed by atoms with Crippen molar-refractivity contribution < 1.29 is 4.42 Å². The molecule has 5 heterocycles. The largest absolute Gasteiger partial charge is 0.453 e. The molecule has 0 aliphatic heterocycles. The van der Waals surface area contributed by atoms with E-state index in [-0.39, 0.29) is 0 Å². The molecule has 0 unspecified atom stereocenters. The fourth-order valence-electron chi connectivity index (χ4n) is 7.28. The summed E-state index contributed by atoms with van der Waals surface area (Å²) in [7, 11) is 0. The van der Waals surface area contributed by atoms with Crippen LogP contribution >= 0.6 is 45.3 Å². The van der Waals surface area contributed by atoms with E-state index in [0.29, 0.717) is 0 Å². The molecule has 0 radical (unpaired) electrons. The smallest absolute Gasteiger partial charge is 0.153 e. The minimum atomic E-state index is 0.995. The molecule has 11 rings (SSSR count). The highest BCUT2D eigenvalue weighted by molar-refractivity contribution is 7.27. The van der Waals surface area contributed by atoms with Gasteiger partial charge in [-0.2, -0.15) is 0 Å². The quantitative estimate of drug-likeness (QED) is 0.182. The molecule has 11 aromatic rings. The van der Waals surface area contributed by atoms with Gasteiger partial charge in [-0.25, -0.2) is 0 Å². The van der Waals surface area contributed by atoms with E-state index < -0.39 is 0 Å². The van der Waals surface area contributed by atoms with E-state index in [4.69, 9.17) is 4.42 Å². The second-order valence-electron chi connectivity index (χ2n) is 11.6. The molecule has 0 atom stereocenters. The fraction of sp³-hybridized carbons (Fsp3) is 0. The maximum absolute atomic E-state index is 6.87. The first-order valence-corrected chi connectivity index (χ1v) is 18.3. The molecule has 0 saturated heterocycles. The summed E-state index contributed by atoms with van der Waals surface area (Å²) in [6, 6.07) is 40.4. The summed E-state index contributed by atoms with van der Waals surface area (Å²) >= 11 is 7.34. The van der Waals surface area contributed by atoms with Gasteiger partial charge >= 0.3 is 0 Å². The predicted octanol–water partition coefficient (Wildman–Crippen LogP) is 14.1. The summed E-state index contributed by atoms with van der Waals surface area (Å²) in [5, 5.41) is 14.6. The van der Waals surface area contributed by atoms with E-state index in [1.165, 1.54) is 93.5 Å². The number of thiophene rings is 4. The second kappa shape index (κ2) is 9.03. The van der Waals surface area contributed by atoms with Crippen LogP contribution in [0, 0.1) is 0 Å². The van der Waals surface area contributed by atoms with Crippen molar-refractivity contribution in [3.05, 3.63) is 120 Å². The third-order valence-electron chi connectivity index (χ3n) is 9.27. The highest BCUT2D eigenvalue weighted by Crippen LogP contribution is 2.50. The van der Waals surface area contributed by atoms with Crippen molar-refractivity contribution in [1.29, 1.82) is 0 Å². The summed E-state index contributed by atoms with van der Waals surface area (Å²) in [5.74, 6) is 0. The maximum Gasteiger partial charge on any atom is 0.153 e. The Morgan fingerprint density at radius 2 is 0.822 bits per heavy atom. The van der Waals surface area contributed by atoms with Crippen molar-refractivity contribution in [2.24, 2.45) is 0 Å². The van der Waals surface area contributed by atoms with Crippen LogP contribution in [0.1, 0.15) is 0 Å². The Hall–Kier alpha value is -4.52. The molecular weight excluding hydrogens is 625 g/mol. The van der Waals surface area contributed by atoms with Gasteiger partial charge in [0.25, 0.3) is 0 Å². The lowest BCUT2D eigenvalue weighted by atomic mass is 9.95. The minimum absolute atomic E-state index is 0.995. The molecule has 6 aromatic carbocycles. The van der Waals surface area contributed by atoms with Gasteiger partial charge in [-0.1, -0.05) is 72.8 Å². The lowest BCUT2D eigenvalue weighted by Crippen LogP contribution is -1.82. The van der Waals surface area contributed by atoms with Crippen LogP contribution in [0.25, 0.3) is 105 Å². The molecule has 0 aliphatic carbocycles. The standard InChI is InChI=1S/C40H20OS4/c1-3-13-33-21(7-1)23-9-5-11-25(37(23)44-33)29-19-31-32-20-30(26-12-6-10-24-22-8-2-4-14-34(22)45-38(24)26)28-16-18-43-40(28)36(32)41-35(31)39-27(29)15-17-42-39/h1-20H. The number of fused-ring (bicyclic) bond motifs is 13. The first kappa shape index (κ1) is 24.8. The molecule has 1 nitrogen and oxygen atoms in total. The molecule has 5 heteroatoms. The molecule has 0 saturated carbocycles. The lowest BCUT2D eigenvalue weighted by Gasteiger charge is -2.08. The van der Waals surface area contributed by atoms with Gasteiger partial charge < -0.3 is 4.42 Å². The first-order valence-electron chi connectivity index (χ1n) is 14.9. The highest BCUT2D eigenvalue weighted by atomic mass is 32.1. The van der Waals surface area contributed by atoms with Crippen LogP contribution in [0.2, 0.25) is 0 Å². The molecule has 0 N–H and O–H groups in total. The topological polar surface area (TPSA) is 13.1 Å². The summed E-state index contributed by atoms with van der Waals surface area (Å²) in [4.78, 5) is 0. The lowest BCUT2D eigenvalue weighted by molar-refractivity contribution is 0.677. The van der Waals surface area contributed by atoms with Gasteiger partial charge in [0.15, 0.2) is 11.2 Å². The molecule has 0 amide bonds. The molecule has 45 heavy (non-hydrogen) atoms. The third-order valence-corrected chi connectivity index (χ3v) is 13.5. The van der Waals surface area contributed by atoms with Crippen molar-refractivity contribution in [3.63, 3.8) is 0 Å². The van der Waals surface area contributed by atoms with Crippen molar-refractivity contribution in [3.8, 4) is 22.3 Å². The number of benzene rings is 6. The number of rotatable bonds is 2. The third kappa shape index (κ3) is 3.31. The van der Waals surface area contributed by atoms with Crippen LogP contribution in [0.15, 0.2) is 124 Å². The molecule has 210 valence electrons. The van der Waals surface area contributed by atoms with E-state index >= 15 is 0 Å². The maximum atomic E-state index is 6.87. The highest BCUT2D eigenvalue weighted by Gasteiger charge is 2.22. The molecule has 0 aliphatic rings. The van der Waals surface area contributed by atoms with Gasteiger partial charge in [0.05, 0.1) is 9.40 Å². The normalized spacial score (nSPS) is 12.4. The van der Waals surface area contributed by atoms with E-state index in [1.54, 1.807) is 22.7 Å². The SMILES string of the molecule is c1ccc2c(c1)sc1c(-c3cc4c5cc(-c6cccc7c6sc6ccccc67)c6ccsc6c5oc4c4sccc34)cccc12. The second-order valence-corrected chi connectivity index (χ2v) is 15.5. The van der Waals surface area contributed by atoms with Crippen molar-refractivity contribution in [1.82, 2.24) is 0 Å². The molecule has 5 aromatic heterocycles.